The molecule has 0 amide bonds. The summed E-state index contributed by atoms with van der Waals surface area (Å²) in [5.74, 6) is 1.99. The fraction of sp³-hybridized carbons (Fsp3) is 0.500. The summed E-state index contributed by atoms with van der Waals surface area (Å²) in [5, 5.41) is 0. The predicted octanol–water partition coefficient (Wildman–Crippen LogP) is -0.0740. The van der Waals surface area contributed by atoms with E-state index in [-0.39, 0.29) is 5.78 Å². The average Bonchev–Trinajstić information content (AvgIpc) is 1.67. The van der Waals surface area contributed by atoms with Gasteiger partial charge in [0.05, 0.1) is 0 Å². The van der Waals surface area contributed by atoms with Gasteiger partial charge in [0.1, 0.15) is 5.54 Å². The molecule has 0 aromatic heterocycles. The highest BCUT2D eigenvalue weighted by Gasteiger charge is 2.19. The van der Waals surface area contributed by atoms with Crippen LogP contribution in [0.15, 0.2) is 0 Å². The summed E-state index contributed by atoms with van der Waals surface area (Å²) in [7, 11) is 0. The lowest BCUT2D eigenvalue weighted by Crippen LogP contribution is -2.41. The van der Waals surface area contributed by atoms with Crippen molar-refractivity contribution < 1.29 is 4.79 Å². The molecule has 2 nitrogen and oxygen atoms in total. The highest BCUT2D eigenvalue weighted by molar-refractivity contribution is 5.88. The van der Waals surface area contributed by atoms with Crippen LogP contribution in [0.25, 0.3) is 0 Å². The number of hydrogen-bond donors (Lipinski definition) is 1. The Bertz CT molecular complexity index is 141. The maximum Gasteiger partial charge on any atom is 0.161 e. The normalized spacial score (nSPS) is 16.2. The van der Waals surface area contributed by atoms with Crippen molar-refractivity contribution >= 4 is 5.78 Å². The molecule has 0 rings (SSSR count). The Morgan fingerprint density at radius 1 is 1.88 bits per heavy atom. The van der Waals surface area contributed by atoms with Crippen LogP contribution in [-0.2, 0) is 4.79 Å². The summed E-state index contributed by atoms with van der Waals surface area (Å²) in [6, 6.07) is 0. The minimum atomic E-state index is -1.07. The Morgan fingerprint density at radius 2 is 2.25 bits per heavy atom. The zero-order valence-corrected chi connectivity index (χ0v) is 5.06. The van der Waals surface area contributed by atoms with E-state index in [1.807, 2.05) is 0 Å². The number of terminal acetylenes is 1. The van der Waals surface area contributed by atoms with E-state index in [9.17, 15) is 4.79 Å². The van der Waals surface area contributed by atoms with Crippen molar-refractivity contribution in [2.45, 2.75) is 19.4 Å². The number of hydrogen-bond acceptors (Lipinski definition) is 2. The van der Waals surface area contributed by atoms with E-state index in [0.29, 0.717) is 0 Å². The molecule has 8 heavy (non-hydrogen) atoms. The monoisotopic (exact) mass is 111 g/mol. The second-order valence-electron chi connectivity index (χ2n) is 1.90. The standard InChI is InChI=1S/C6H9NO/c1-4-6(3,7)5(2)8/h1H,7H2,2-3H3/t6-/m1/s1. The Labute approximate surface area is 49.1 Å². The molecule has 0 unspecified atom stereocenters. The molecule has 0 radical (unpaired) electrons. The van der Waals surface area contributed by atoms with E-state index < -0.39 is 5.54 Å². The van der Waals surface area contributed by atoms with Crippen LogP contribution in [0.4, 0.5) is 0 Å². The van der Waals surface area contributed by atoms with Gasteiger partial charge in [0.2, 0.25) is 0 Å². The van der Waals surface area contributed by atoms with Crippen molar-refractivity contribution in [1.29, 1.82) is 0 Å². The highest BCUT2D eigenvalue weighted by atomic mass is 16.1. The molecule has 2 N–H and O–H groups in total. The van der Waals surface area contributed by atoms with Gasteiger partial charge < -0.3 is 5.73 Å². The molecule has 0 spiro atoms. The zero-order valence-electron chi connectivity index (χ0n) is 5.06. The molecule has 0 saturated heterocycles. The number of ketones is 1. The fourth-order valence-electron chi connectivity index (χ4n) is 0.102. The molecule has 0 saturated carbocycles. The van der Waals surface area contributed by atoms with Gasteiger partial charge >= 0.3 is 0 Å². The van der Waals surface area contributed by atoms with Crippen LogP contribution in [0, 0.1) is 12.3 Å². The number of rotatable bonds is 1. The average molecular weight is 111 g/mol. The molecule has 1 atom stereocenters. The smallest absolute Gasteiger partial charge is 0.161 e. The first-order chi connectivity index (χ1) is 3.50. The summed E-state index contributed by atoms with van der Waals surface area (Å²) in [6.45, 7) is 2.88. The Kier molecular flexibility index (Phi) is 1.77. The highest BCUT2D eigenvalue weighted by Crippen LogP contribution is 1.95. The van der Waals surface area contributed by atoms with Crippen LogP contribution in [-0.4, -0.2) is 11.3 Å². The molecule has 2 heteroatoms. The molecular formula is C6H9NO. The fourth-order valence-corrected chi connectivity index (χ4v) is 0.102. The van der Waals surface area contributed by atoms with E-state index in [4.69, 9.17) is 12.2 Å². The molecule has 0 aromatic carbocycles. The van der Waals surface area contributed by atoms with Crippen molar-refractivity contribution in [2.24, 2.45) is 5.73 Å². The quantitative estimate of drug-likeness (QED) is 0.481. The minimum absolute atomic E-state index is 0.181. The molecule has 44 valence electrons. The maximum atomic E-state index is 10.4. The lowest BCUT2D eigenvalue weighted by atomic mass is 10.0. The Hall–Kier alpha value is -0.810. The number of Topliss-reactive ketones (excluding diaryl/α,β-unsaturated/α-hetero) is 1. The van der Waals surface area contributed by atoms with Gasteiger partial charge in [0, 0.05) is 0 Å². The lowest BCUT2D eigenvalue weighted by Gasteiger charge is -2.10. The van der Waals surface area contributed by atoms with Crippen molar-refractivity contribution in [3.8, 4) is 12.3 Å². The summed E-state index contributed by atoms with van der Waals surface area (Å²) in [5.41, 5.74) is 4.20. The maximum absolute atomic E-state index is 10.4. The van der Waals surface area contributed by atoms with Crippen molar-refractivity contribution in [2.75, 3.05) is 0 Å². The van der Waals surface area contributed by atoms with Gasteiger partial charge in [0.25, 0.3) is 0 Å². The molecule has 0 bridgehead atoms. The number of carbonyl (C=O) groups excluding carboxylic acids is 1. The number of carbonyl (C=O) groups is 1. The van der Waals surface area contributed by atoms with Gasteiger partial charge in [-0.1, -0.05) is 5.92 Å². The predicted molar refractivity (Wildman–Crippen MR) is 32.1 cm³/mol. The van der Waals surface area contributed by atoms with Gasteiger partial charge in [-0.05, 0) is 13.8 Å². The van der Waals surface area contributed by atoms with Crippen LogP contribution in [0.5, 0.6) is 0 Å². The van der Waals surface area contributed by atoms with Gasteiger partial charge in [-0.15, -0.1) is 6.42 Å². The molecular weight excluding hydrogens is 102 g/mol. The van der Waals surface area contributed by atoms with Crippen molar-refractivity contribution in [3.63, 3.8) is 0 Å². The van der Waals surface area contributed by atoms with Crippen molar-refractivity contribution in [1.82, 2.24) is 0 Å². The summed E-state index contributed by atoms with van der Waals surface area (Å²) < 4.78 is 0. The van der Waals surface area contributed by atoms with Gasteiger partial charge in [-0.25, -0.2) is 0 Å². The molecule has 0 fully saturated rings. The third-order valence-electron chi connectivity index (χ3n) is 1.03. The largest absolute Gasteiger partial charge is 0.309 e. The first-order valence-corrected chi connectivity index (χ1v) is 2.28. The van der Waals surface area contributed by atoms with E-state index in [2.05, 4.69) is 5.92 Å². The third-order valence-corrected chi connectivity index (χ3v) is 1.03. The number of nitrogens with two attached hydrogens (primary N) is 1. The molecule has 0 heterocycles. The molecule has 0 aliphatic rings. The van der Waals surface area contributed by atoms with Crippen LogP contribution >= 0.6 is 0 Å². The van der Waals surface area contributed by atoms with Crippen LogP contribution in [0.1, 0.15) is 13.8 Å². The van der Waals surface area contributed by atoms with Gasteiger partial charge in [-0.2, -0.15) is 0 Å². The molecule has 0 aliphatic heterocycles. The van der Waals surface area contributed by atoms with Crippen LogP contribution in [0.2, 0.25) is 0 Å². The minimum Gasteiger partial charge on any atom is -0.309 e. The lowest BCUT2D eigenvalue weighted by molar-refractivity contribution is -0.119. The van der Waals surface area contributed by atoms with E-state index in [1.165, 1.54) is 13.8 Å². The van der Waals surface area contributed by atoms with Gasteiger partial charge in [-0.3, -0.25) is 4.79 Å². The second kappa shape index (κ2) is 1.97. The first-order valence-electron chi connectivity index (χ1n) is 2.28. The zero-order chi connectivity index (χ0) is 6.78. The first kappa shape index (κ1) is 7.19. The van der Waals surface area contributed by atoms with Gasteiger partial charge in [0.15, 0.2) is 5.78 Å². The third kappa shape index (κ3) is 1.36. The van der Waals surface area contributed by atoms with Crippen LogP contribution in [0.3, 0.4) is 0 Å². The van der Waals surface area contributed by atoms with E-state index >= 15 is 0 Å². The van der Waals surface area contributed by atoms with E-state index in [0.717, 1.165) is 0 Å². The second-order valence-corrected chi connectivity index (χ2v) is 1.90. The summed E-state index contributed by atoms with van der Waals surface area (Å²) in [6.07, 6.45) is 4.91. The van der Waals surface area contributed by atoms with E-state index in [1.54, 1.807) is 0 Å². The van der Waals surface area contributed by atoms with Crippen molar-refractivity contribution in [3.05, 3.63) is 0 Å². The topological polar surface area (TPSA) is 43.1 Å². The Morgan fingerprint density at radius 3 is 2.25 bits per heavy atom. The molecule has 0 aromatic rings. The Balaban J connectivity index is 4.19. The summed E-state index contributed by atoms with van der Waals surface area (Å²) in [4.78, 5) is 10.4. The molecule has 0 aliphatic carbocycles. The summed E-state index contributed by atoms with van der Waals surface area (Å²) >= 11 is 0. The SMILES string of the molecule is C#C[C@@](C)(N)C(C)=O. The van der Waals surface area contributed by atoms with Crippen LogP contribution < -0.4 is 5.73 Å².